The number of hydrogen-bond acceptors (Lipinski definition) is 5. The molecule has 8 heteroatoms. The van der Waals surface area contributed by atoms with Crippen LogP contribution in [-0.2, 0) is 4.79 Å². The molecule has 0 saturated heterocycles. The van der Waals surface area contributed by atoms with E-state index in [4.69, 9.17) is 5.73 Å². The second-order valence-electron chi connectivity index (χ2n) is 5.55. The standard InChI is InChI=1S/C16H16N4O3S/c1-9-6-14(22)20-12(8-24-16(20)18-9)7-13(21)19-11-4-2-10(3-5-11)15(17)23/h2-6,12H,7-8H2,1H3,(H2,17,23)(H,19,21). The summed E-state index contributed by atoms with van der Waals surface area (Å²) in [6, 6.07) is 7.60. The molecule has 1 atom stereocenters. The summed E-state index contributed by atoms with van der Waals surface area (Å²) in [5.41, 5.74) is 6.67. The molecule has 0 spiro atoms. The Morgan fingerprint density at radius 3 is 2.75 bits per heavy atom. The largest absolute Gasteiger partial charge is 0.366 e. The lowest BCUT2D eigenvalue weighted by Gasteiger charge is -2.13. The average Bonchev–Trinajstić information content (AvgIpc) is 2.90. The van der Waals surface area contributed by atoms with E-state index in [-0.39, 0.29) is 23.9 Å². The van der Waals surface area contributed by atoms with Crippen LogP contribution in [0.15, 0.2) is 40.3 Å². The van der Waals surface area contributed by atoms with Gasteiger partial charge in [-0.25, -0.2) is 4.98 Å². The summed E-state index contributed by atoms with van der Waals surface area (Å²) in [6.45, 7) is 1.78. The molecule has 124 valence electrons. The molecule has 1 unspecified atom stereocenters. The predicted octanol–water partition coefficient (Wildman–Crippen LogP) is 1.33. The molecule has 3 N–H and O–H groups in total. The summed E-state index contributed by atoms with van der Waals surface area (Å²) in [5.74, 6) is -0.0814. The minimum atomic E-state index is -0.519. The van der Waals surface area contributed by atoms with Crippen LogP contribution in [-0.4, -0.2) is 27.1 Å². The van der Waals surface area contributed by atoms with Crippen LogP contribution in [0.3, 0.4) is 0 Å². The van der Waals surface area contributed by atoms with Crippen LogP contribution in [0.4, 0.5) is 5.69 Å². The smallest absolute Gasteiger partial charge is 0.254 e. The molecule has 2 heterocycles. The minimum Gasteiger partial charge on any atom is -0.366 e. The first-order valence-corrected chi connectivity index (χ1v) is 8.35. The number of nitrogens with zero attached hydrogens (tertiary/aromatic N) is 2. The van der Waals surface area contributed by atoms with Crippen molar-refractivity contribution in [2.75, 3.05) is 11.1 Å². The van der Waals surface area contributed by atoms with Crippen molar-refractivity contribution in [2.45, 2.75) is 24.5 Å². The highest BCUT2D eigenvalue weighted by Gasteiger charge is 2.27. The van der Waals surface area contributed by atoms with Crippen molar-refractivity contribution >= 4 is 29.3 Å². The Morgan fingerprint density at radius 2 is 2.08 bits per heavy atom. The second kappa shape index (κ2) is 6.48. The van der Waals surface area contributed by atoms with Gasteiger partial charge in [-0.15, -0.1) is 0 Å². The predicted molar refractivity (Wildman–Crippen MR) is 91.2 cm³/mol. The van der Waals surface area contributed by atoms with Gasteiger partial charge >= 0.3 is 0 Å². The zero-order chi connectivity index (χ0) is 17.3. The lowest BCUT2D eigenvalue weighted by atomic mass is 10.2. The topological polar surface area (TPSA) is 107 Å². The molecule has 0 bridgehead atoms. The van der Waals surface area contributed by atoms with Gasteiger partial charge in [-0.1, -0.05) is 11.8 Å². The first-order valence-electron chi connectivity index (χ1n) is 7.37. The van der Waals surface area contributed by atoms with Crippen LogP contribution in [0.5, 0.6) is 0 Å². The first-order chi connectivity index (χ1) is 11.4. The van der Waals surface area contributed by atoms with E-state index in [1.54, 1.807) is 35.8 Å². The molecular weight excluding hydrogens is 328 g/mol. The van der Waals surface area contributed by atoms with Crippen molar-refractivity contribution < 1.29 is 9.59 Å². The summed E-state index contributed by atoms with van der Waals surface area (Å²) < 4.78 is 1.58. The fourth-order valence-electron chi connectivity index (χ4n) is 2.56. The van der Waals surface area contributed by atoms with Crippen LogP contribution in [0, 0.1) is 6.92 Å². The van der Waals surface area contributed by atoms with Crippen molar-refractivity contribution in [3.63, 3.8) is 0 Å². The Bertz CT molecular complexity index is 861. The summed E-state index contributed by atoms with van der Waals surface area (Å²) in [5, 5.41) is 3.42. The number of carbonyl (C=O) groups excluding carboxylic acids is 2. The lowest BCUT2D eigenvalue weighted by molar-refractivity contribution is -0.116. The Balaban J connectivity index is 1.69. The van der Waals surface area contributed by atoms with E-state index >= 15 is 0 Å². The number of aromatic nitrogens is 2. The van der Waals surface area contributed by atoms with Crippen molar-refractivity contribution in [1.29, 1.82) is 0 Å². The molecule has 1 aromatic carbocycles. The fraction of sp³-hybridized carbons (Fsp3) is 0.250. The molecule has 0 radical (unpaired) electrons. The number of nitrogens with two attached hydrogens (primary N) is 1. The number of anilines is 1. The summed E-state index contributed by atoms with van der Waals surface area (Å²) >= 11 is 1.48. The zero-order valence-corrected chi connectivity index (χ0v) is 13.8. The summed E-state index contributed by atoms with van der Waals surface area (Å²) in [4.78, 5) is 39.7. The van der Waals surface area contributed by atoms with Gasteiger partial charge < -0.3 is 11.1 Å². The molecule has 1 aromatic heterocycles. The maximum absolute atomic E-state index is 12.2. The molecule has 0 saturated carbocycles. The van der Waals surface area contributed by atoms with Gasteiger partial charge in [0.1, 0.15) is 0 Å². The van der Waals surface area contributed by atoms with Gasteiger partial charge in [0.2, 0.25) is 11.8 Å². The monoisotopic (exact) mass is 344 g/mol. The number of amides is 2. The van der Waals surface area contributed by atoms with Crippen molar-refractivity contribution in [3.05, 3.63) is 51.9 Å². The van der Waals surface area contributed by atoms with E-state index in [2.05, 4.69) is 10.3 Å². The Kier molecular flexibility index (Phi) is 4.39. The third-order valence-corrected chi connectivity index (χ3v) is 4.79. The molecule has 1 aliphatic heterocycles. The third kappa shape index (κ3) is 3.33. The van der Waals surface area contributed by atoms with Gasteiger partial charge in [0.15, 0.2) is 5.16 Å². The van der Waals surface area contributed by atoms with E-state index in [1.165, 1.54) is 17.8 Å². The quantitative estimate of drug-likeness (QED) is 0.814. The molecule has 0 aliphatic carbocycles. The summed E-state index contributed by atoms with van der Waals surface area (Å²) in [7, 11) is 0. The maximum Gasteiger partial charge on any atom is 0.254 e. The molecule has 24 heavy (non-hydrogen) atoms. The van der Waals surface area contributed by atoms with E-state index in [0.717, 1.165) is 0 Å². The van der Waals surface area contributed by atoms with E-state index in [1.807, 2.05) is 0 Å². The third-order valence-electron chi connectivity index (χ3n) is 3.69. The van der Waals surface area contributed by atoms with Gasteiger partial charge in [-0.2, -0.15) is 0 Å². The van der Waals surface area contributed by atoms with Crippen LogP contribution in [0.1, 0.15) is 28.5 Å². The number of fused-ring (bicyclic) bond motifs is 1. The van der Waals surface area contributed by atoms with E-state index < -0.39 is 5.91 Å². The van der Waals surface area contributed by atoms with Crippen LogP contribution >= 0.6 is 11.8 Å². The van der Waals surface area contributed by atoms with E-state index in [0.29, 0.717) is 27.9 Å². The first kappa shape index (κ1) is 16.3. The molecule has 2 aromatic rings. The Labute approximate surface area is 142 Å². The SMILES string of the molecule is Cc1cc(=O)n2c(n1)SCC2CC(=O)Nc1ccc(C(N)=O)cc1. The number of aryl methyl sites for hydroxylation is 1. The van der Waals surface area contributed by atoms with Crippen molar-refractivity contribution in [3.8, 4) is 0 Å². The zero-order valence-electron chi connectivity index (χ0n) is 13.0. The lowest BCUT2D eigenvalue weighted by Crippen LogP contribution is -2.27. The number of carbonyl (C=O) groups is 2. The highest BCUT2D eigenvalue weighted by atomic mass is 32.2. The molecule has 0 fully saturated rings. The molecule has 7 nitrogen and oxygen atoms in total. The van der Waals surface area contributed by atoms with Crippen molar-refractivity contribution in [1.82, 2.24) is 9.55 Å². The van der Waals surface area contributed by atoms with Gasteiger partial charge in [0.25, 0.3) is 5.56 Å². The van der Waals surface area contributed by atoms with Gasteiger partial charge in [-0.3, -0.25) is 19.0 Å². The maximum atomic E-state index is 12.2. The summed E-state index contributed by atoms with van der Waals surface area (Å²) in [6.07, 6.45) is 0.183. The van der Waals surface area contributed by atoms with Crippen LogP contribution in [0.25, 0.3) is 0 Å². The number of primary amides is 1. The number of nitrogens with one attached hydrogen (secondary N) is 1. The van der Waals surface area contributed by atoms with Crippen LogP contribution < -0.4 is 16.6 Å². The second-order valence-corrected chi connectivity index (χ2v) is 6.53. The highest BCUT2D eigenvalue weighted by molar-refractivity contribution is 7.99. The van der Waals surface area contributed by atoms with Gasteiger partial charge in [0.05, 0.1) is 6.04 Å². The normalized spacial score (nSPS) is 15.8. The molecule has 2 amide bonds. The van der Waals surface area contributed by atoms with Gasteiger partial charge in [0, 0.05) is 35.2 Å². The molecule has 3 rings (SSSR count). The van der Waals surface area contributed by atoms with Gasteiger partial charge in [-0.05, 0) is 31.2 Å². The van der Waals surface area contributed by atoms with E-state index in [9.17, 15) is 14.4 Å². The number of benzene rings is 1. The number of thioether (sulfide) groups is 1. The highest BCUT2D eigenvalue weighted by Crippen LogP contribution is 2.32. The minimum absolute atomic E-state index is 0.133. The number of rotatable bonds is 4. The van der Waals surface area contributed by atoms with Crippen LogP contribution in [0.2, 0.25) is 0 Å². The molecule has 1 aliphatic rings. The van der Waals surface area contributed by atoms with Crippen molar-refractivity contribution in [2.24, 2.45) is 5.73 Å². The average molecular weight is 344 g/mol. The Hall–Kier alpha value is -2.61. The fourth-order valence-corrected chi connectivity index (χ4v) is 3.75. The Morgan fingerprint density at radius 1 is 1.38 bits per heavy atom. The molecular formula is C16H16N4O3S. The number of hydrogen-bond donors (Lipinski definition) is 2.